The lowest BCUT2D eigenvalue weighted by molar-refractivity contribution is -0.129. The van der Waals surface area contributed by atoms with Crippen LogP contribution in [0.4, 0.5) is 0 Å². The van der Waals surface area contributed by atoms with E-state index in [4.69, 9.17) is 4.74 Å². The van der Waals surface area contributed by atoms with Gasteiger partial charge >= 0.3 is 0 Å². The molecule has 1 aliphatic rings. The zero-order chi connectivity index (χ0) is 18.1. The summed E-state index contributed by atoms with van der Waals surface area (Å²) in [4.78, 5) is 14.4. The molecule has 2 aromatic heterocycles. The van der Waals surface area contributed by atoms with E-state index in [9.17, 15) is 4.79 Å². The number of likely N-dealkylation sites (tertiary alicyclic amines) is 1. The lowest BCUT2D eigenvalue weighted by atomic mass is 10.1. The molecular weight excluding hydrogens is 348 g/mol. The van der Waals surface area contributed by atoms with Crippen molar-refractivity contribution in [1.82, 2.24) is 19.5 Å². The molecule has 4 rings (SSSR count). The molecule has 0 radical (unpaired) electrons. The molecule has 1 aliphatic heterocycles. The van der Waals surface area contributed by atoms with Crippen molar-refractivity contribution in [2.45, 2.75) is 31.3 Å². The molecule has 136 valence electrons. The van der Waals surface area contributed by atoms with Crippen molar-refractivity contribution < 1.29 is 9.53 Å². The number of hydrogen-bond donors (Lipinski definition) is 0. The number of carbonyl (C=O) groups is 1. The number of piperidine rings is 1. The van der Waals surface area contributed by atoms with Crippen molar-refractivity contribution in [2.75, 3.05) is 26.0 Å². The Morgan fingerprint density at radius 3 is 2.77 bits per heavy atom. The molecule has 1 amide bonds. The minimum absolute atomic E-state index is 0.181. The molecular formula is C19H22N4O2S. The first-order chi connectivity index (χ1) is 12.7. The van der Waals surface area contributed by atoms with Crippen LogP contribution in [0.2, 0.25) is 0 Å². The van der Waals surface area contributed by atoms with Crippen molar-refractivity contribution >= 4 is 34.2 Å². The summed E-state index contributed by atoms with van der Waals surface area (Å²) in [5.41, 5.74) is 2.93. The predicted molar refractivity (Wildman–Crippen MR) is 103 cm³/mol. The molecule has 1 saturated heterocycles. The van der Waals surface area contributed by atoms with E-state index in [1.165, 1.54) is 18.2 Å². The van der Waals surface area contributed by atoms with Gasteiger partial charge in [-0.25, -0.2) is 0 Å². The van der Waals surface area contributed by atoms with Gasteiger partial charge in [0.2, 0.25) is 5.91 Å². The molecule has 0 unspecified atom stereocenters. The highest BCUT2D eigenvalue weighted by molar-refractivity contribution is 7.99. The second-order valence-electron chi connectivity index (χ2n) is 6.62. The molecule has 0 bridgehead atoms. The number of fused-ring (bicyclic) bond motifs is 3. The number of thioether (sulfide) groups is 1. The monoisotopic (exact) mass is 370 g/mol. The van der Waals surface area contributed by atoms with E-state index in [0.29, 0.717) is 5.75 Å². The van der Waals surface area contributed by atoms with Crippen LogP contribution in [0.15, 0.2) is 29.4 Å². The van der Waals surface area contributed by atoms with Gasteiger partial charge in [0.25, 0.3) is 0 Å². The van der Waals surface area contributed by atoms with Crippen molar-refractivity contribution in [3.05, 3.63) is 29.8 Å². The topological polar surface area (TPSA) is 59.7 Å². The first-order valence-electron chi connectivity index (χ1n) is 8.90. The third-order valence-corrected chi connectivity index (χ3v) is 5.82. The van der Waals surface area contributed by atoms with Crippen LogP contribution in [0.5, 0.6) is 5.75 Å². The number of rotatable bonds is 4. The lowest BCUT2D eigenvalue weighted by Gasteiger charge is -2.26. The van der Waals surface area contributed by atoms with E-state index in [1.807, 2.05) is 27.5 Å². The Morgan fingerprint density at radius 1 is 1.19 bits per heavy atom. The van der Waals surface area contributed by atoms with Crippen molar-refractivity contribution in [1.29, 1.82) is 0 Å². The Bertz CT molecular complexity index is 963. The molecule has 0 saturated carbocycles. The summed E-state index contributed by atoms with van der Waals surface area (Å²) >= 11 is 1.45. The van der Waals surface area contributed by atoms with Gasteiger partial charge < -0.3 is 9.64 Å². The van der Waals surface area contributed by atoms with Crippen molar-refractivity contribution in [2.24, 2.45) is 0 Å². The first kappa shape index (κ1) is 17.1. The zero-order valence-corrected chi connectivity index (χ0v) is 15.9. The fourth-order valence-electron chi connectivity index (χ4n) is 3.48. The molecule has 7 heteroatoms. The molecule has 0 aliphatic carbocycles. The maximum absolute atomic E-state index is 12.5. The van der Waals surface area contributed by atoms with Gasteiger partial charge in [-0.2, -0.15) is 0 Å². The Balaban J connectivity index is 1.67. The molecule has 0 spiro atoms. The van der Waals surface area contributed by atoms with Gasteiger partial charge in [0, 0.05) is 24.5 Å². The van der Waals surface area contributed by atoms with E-state index in [2.05, 4.69) is 23.2 Å². The summed E-state index contributed by atoms with van der Waals surface area (Å²) < 4.78 is 7.40. The van der Waals surface area contributed by atoms with Gasteiger partial charge in [-0.1, -0.05) is 11.8 Å². The van der Waals surface area contributed by atoms with Crippen LogP contribution in [-0.2, 0) is 4.79 Å². The van der Waals surface area contributed by atoms with Crippen LogP contribution in [0, 0.1) is 6.92 Å². The normalized spacial score (nSPS) is 14.9. The number of hydrogen-bond acceptors (Lipinski definition) is 5. The van der Waals surface area contributed by atoms with E-state index < -0.39 is 0 Å². The Kier molecular flexibility index (Phi) is 4.72. The zero-order valence-electron chi connectivity index (χ0n) is 15.1. The van der Waals surface area contributed by atoms with E-state index in [0.717, 1.165) is 59.0 Å². The summed E-state index contributed by atoms with van der Waals surface area (Å²) in [6, 6.07) is 8.03. The average molecular weight is 370 g/mol. The highest BCUT2D eigenvalue weighted by Crippen LogP contribution is 2.28. The maximum Gasteiger partial charge on any atom is 0.233 e. The molecule has 0 N–H and O–H groups in total. The van der Waals surface area contributed by atoms with Gasteiger partial charge in [-0.15, -0.1) is 10.2 Å². The Labute approximate surface area is 156 Å². The van der Waals surface area contributed by atoms with E-state index in [-0.39, 0.29) is 5.91 Å². The largest absolute Gasteiger partial charge is 0.497 e. The number of methoxy groups -OCH3 is 1. The lowest BCUT2D eigenvalue weighted by Crippen LogP contribution is -2.36. The van der Waals surface area contributed by atoms with Gasteiger partial charge in [0.15, 0.2) is 10.8 Å². The minimum Gasteiger partial charge on any atom is -0.497 e. The second kappa shape index (κ2) is 7.15. The summed E-state index contributed by atoms with van der Waals surface area (Å²) in [5, 5.41) is 10.5. The minimum atomic E-state index is 0.181. The highest BCUT2D eigenvalue weighted by atomic mass is 32.2. The molecule has 1 aromatic carbocycles. The quantitative estimate of drug-likeness (QED) is 0.660. The van der Waals surface area contributed by atoms with Gasteiger partial charge in [-0.05, 0) is 49.9 Å². The predicted octanol–water partition coefficient (Wildman–Crippen LogP) is 3.30. The second-order valence-corrected chi connectivity index (χ2v) is 7.56. The number of nitrogens with zero attached hydrogens (tertiary/aromatic N) is 4. The highest BCUT2D eigenvalue weighted by Gasteiger charge is 2.18. The van der Waals surface area contributed by atoms with Gasteiger partial charge in [-0.3, -0.25) is 9.20 Å². The van der Waals surface area contributed by atoms with Crippen molar-refractivity contribution in [3.8, 4) is 5.75 Å². The maximum atomic E-state index is 12.5. The van der Waals surface area contributed by atoms with Crippen molar-refractivity contribution in [3.63, 3.8) is 0 Å². The fraction of sp³-hybridized carbons (Fsp3) is 0.421. The SMILES string of the molecule is COc1ccc2c(C)cc3nnc(SCC(=O)N4CCCCC4)n3c2c1. The summed E-state index contributed by atoms with van der Waals surface area (Å²) in [6.45, 7) is 3.81. The summed E-state index contributed by atoms with van der Waals surface area (Å²) in [7, 11) is 1.66. The molecule has 1 fully saturated rings. The standard InChI is InChI=1S/C19H22N4O2S/c1-13-10-17-20-21-19(26-12-18(24)22-8-4-3-5-9-22)23(17)16-11-14(25-2)6-7-15(13)16/h6-7,10-11H,3-5,8-9,12H2,1-2H3. The number of carbonyl (C=O) groups excluding carboxylic acids is 1. The molecule has 3 aromatic rings. The van der Waals surface area contributed by atoms with Gasteiger partial charge in [0.1, 0.15) is 5.75 Å². The van der Waals surface area contributed by atoms with E-state index >= 15 is 0 Å². The first-order valence-corrected chi connectivity index (χ1v) is 9.89. The fourth-order valence-corrected chi connectivity index (χ4v) is 4.34. The van der Waals surface area contributed by atoms with Crippen LogP contribution < -0.4 is 4.74 Å². The number of ether oxygens (including phenoxy) is 1. The summed E-state index contributed by atoms with van der Waals surface area (Å²) in [5.74, 6) is 1.36. The average Bonchev–Trinajstić information content (AvgIpc) is 3.09. The number of amides is 1. The van der Waals surface area contributed by atoms with E-state index in [1.54, 1.807) is 7.11 Å². The third-order valence-electron chi connectivity index (χ3n) is 4.91. The number of aryl methyl sites for hydroxylation is 1. The number of pyridine rings is 1. The number of benzene rings is 1. The third kappa shape index (κ3) is 3.11. The number of aromatic nitrogens is 3. The smallest absolute Gasteiger partial charge is 0.233 e. The molecule has 6 nitrogen and oxygen atoms in total. The van der Waals surface area contributed by atoms with Crippen LogP contribution in [0.25, 0.3) is 16.6 Å². The molecule has 3 heterocycles. The molecule has 26 heavy (non-hydrogen) atoms. The molecule has 0 atom stereocenters. The van der Waals surface area contributed by atoms with Crippen LogP contribution in [0.3, 0.4) is 0 Å². The van der Waals surface area contributed by atoms with Crippen LogP contribution in [-0.4, -0.2) is 51.4 Å². The Morgan fingerprint density at radius 2 is 2.00 bits per heavy atom. The van der Waals surface area contributed by atoms with Crippen LogP contribution >= 0.6 is 11.8 Å². The van der Waals surface area contributed by atoms with Crippen LogP contribution in [0.1, 0.15) is 24.8 Å². The Hall–Kier alpha value is -2.28. The summed E-state index contributed by atoms with van der Waals surface area (Å²) in [6.07, 6.45) is 3.43. The van der Waals surface area contributed by atoms with Gasteiger partial charge in [0.05, 0.1) is 18.4 Å².